The van der Waals surface area contributed by atoms with E-state index in [9.17, 15) is 33.9 Å². The fraction of sp³-hybridized carbons (Fsp3) is 0.634. The number of aromatic nitrogens is 2. The van der Waals surface area contributed by atoms with Crippen LogP contribution in [0, 0.1) is 23.7 Å². The molecule has 1 aliphatic heterocycles. The third-order valence-corrected chi connectivity index (χ3v) is 10.7. The van der Waals surface area contributed by atoms with Gasteiger partial charge in [-0.05, 0) is 49.0 Å². The van der Waals surface area contributed by atoms with Crippen molar-refractivity contribution in [3.63, 3.8) is 0 Å². The van der Waals surface area contributed by atoms with Gasteiger partial charge in [-0.15, -0.1) is 0 Å². The highest BCUT2D eigenvalue weighted by molar-refractivity contribution is 5.94. The van der Waals surface area contributed by atoms with Crippen molar-refractivity contribution >= 4 is 35.3 Å². The SMILES string of the molecule is CC[C@H](C)[C@H](NCC(=O)C(CC(O)C(CC(C)C)NC(=O)[C@H](Cc1cnc[nH]1)NC(=O)[C@H](Cc1ccccc1)NC(=O)[C@@H]1CCCN1C(C)=O)C(C)C)C(N)=O. The van der Waals surface area contributed by atoms with Crippen LogP contribution in [0.4, 0.5) is 0 Å². The van der Waals surface area contributed by atoms with Crippen LogP contribution in [0.25, 0.3) is 0 Å². The van der Waals surface area contributed by atoms with Gasteiger partial charge in [0.2, 0.25) is 29.5 Å². The highest BCUT2D eigenvalue weighted by Crippen LogP contribution is 2.23. The number of benzene rings is 1. The fourth-order valence-corrected chi connectivity index (χ4v) is 7.30. The summed E-state index contributed by atoms with van der Waals surface area (Å²) in [6.07, 6.45) is 4.33. The van der Waals surface area contributed by atoms with Crippen LogP contribution in [0.5, 0.6) is 0 Å². The number of nitrogens with zero attached hydrogens (tertiary/aromatic N) is 2. The van der Waals surface area contributed by atoms with Gasteiger partial charge in [0.05, 0.1) is 31.1 Å². The Balaban J connectivity index is 1.83. The molecule has 0 saturated carbocycles. The van der Waals surface area contributed by atoms with E-state index in [0.717, 1.165) is 5.56 Å². The lowest BCUT2D eigenvalue weighted by atomic mass is 9.83. The first kappa shape index (κ1) is 45.8. The molecule has 15 nitrogen and oxygen atoms in total. The smallest absolute Gasteiger partial charge is 0.243 e. The van der Waals surface area contributed by atoms with E-state index >= 15 is 0 Å². The number of amides is 5. The summed E-state index contributed by atoms with van der Waals surface area (Å²) in [6, 6.07) is 4.81. The molecule has 3 unspecified atom stereocenters. The number of aliphatic hydroxyl groups excluding tert-OH is 1. The summed E-state index contributed by atoms with van der Waals surface area (Å²) in [5.74, 6) is -3.30. The largest absolute Gasteiger partial charge is 0.391 e. The summed E-state index contributed by atoms with van der Waals surface area (Å²) < 4.78 is 0. The summed E-state index contributed by atoms with van der Waals surface area (Å²) in [7, 11) is 0. The Labute approximate surface area is 331 Å². The van der Waals surface area contributed by atoms with Gasteiger partial charge in [-0.3, -0.25) is 34.1 Å². The number of aromatic amines is 1. The van der Waals surface area contributed by atoms with Gasteiger partial charge < -0.3 is 36.7 Å². The van der Waals surface area contributed by atoms with Crippen LogP contribution in [-0.2, 0) is 41.6 Å². The molecule has 0 bridgehead atoms. The molecule has 3 rings (SSSR count). The van der Waals surface area contributed by atoms with Crippen molar-refractivity contribution in [2.24, 2.45) is 29.4 Å². The van der Waals surface area contributed by atoms with Crippen LogP contribution in [0.3, 0.4) is 0 Å². The Bertz CT molecular complexity index is 1590. The van der Waals surface area contributed by atoms with E-state index in [1.165, 1.54) is 18.2 Å². The minimum Gasteiger partial charge on any atom is -0.391 e. The highest BCUT2D eigenvalue weighted by Gasteiger charge is 2.37. The molecule has 5 amide bonds. The van der Waals surface area contributed by atoms with E-state index in [2.05, 4.69) is 31.2 Å². The van der Waals surface area contributed by atoms with Gasteiger partial charge in [0, 0.05) is 44.1 Å². The molecule has 1 aliphatic rings. The third kappa shape index (κ3) is 13.8. The first-order chi connectivity index (χ1) is 26.5. The first-order valence-corrected chi connectivity index (χ1v) is 19.9. The van der Waals surface area contributed by atoms with Crippen molar-refractivity contribution in [1.82, 2.24) is 36.1 Å². The number of nitrogens with two attached hydrogens (primary N) is 1. The predicted octanol–water partition coefficient (Wildman–Crippen LogP) is 1.79. The molecular weight excluding hydrogens is 716 g/mol. The van der Waals surface area contributed by atoms with Crippen LogP contribution < -0.4 is 27.0 Å². The van der Waals surface area contributed by atoms with Crippen molar-refractivity contribution in [3.8, 4) is 0 Å². The average molecular weight is 781 g/mol. The van der Waals surface area contributed by atoms with E-state index in [-0.39, 0.29) is 55.3 Å². The third-order valence-electron chi connectivity index (χ3n) is 10.7. The summed E-state index contributed by atoms with van der Waals surface area (Å²) in [6.45, 7) is 13.3. The molecule has 1 fully saturated rings. The topological polar surface area (TPSA) is 229 Å². The maximum Gasteiger partial charge on any atom is 0.243 e. The quantitative estimate of drug-likeness (QED) is 0.0871. The van der Waals surface area contributed by atoms with Gasteiger partial charge in [-0.1, -0.05) is 78.3 Å². The standard InChI is InChI=1S/C41H64N8O7/c1-8-26(6)37(38(42)53)44-22-36(52)30(25(4)5)20-35(51)31(17-24(2)3)46-40(55)33(19-29-21-43-23-45-29)47-39(54)32(18-28-13-10-9-11-14-28)48-41(56)34-15-12-16-49(34)27(7)50/h9-11,13-14,21,23-26,30-35,37,44,51H,8,12,15-20,22H2,1-7H3,(H2,42,53)(H,43,45)(H,46,55)(H,47,54)(H,48,56)/t26-,30?,31?,32-,33-,34-,35?,37-/m0/s1. The zero-order valence-corrected chi connectivity index (χ0v) is 34.0. The van der Waals surface area contributed by atoms with Crippen molar-refractivity contribution < 1.29 is 33.9 Å². The van der Waals surface area contributed by atoms with E-state index in [1.54, 1.807) is 6.20 Å². The van der Waals surface area contributed by atoms with Gasteiger partial charge in [0.1, 0.15) is 23.9 Å². The minimum absolute atomic E-state index is 0.0325. The Morgan fingerprint density at radius 2 is 1.61 bits per heavy atom. The summed E-state index contributed by atoms with van der Waals surface area (Å²) >= 11 is 0. The Hall–Kier alpha value is -4.63. The molecule has 1 aromatic carbocycles. The summed E-state index contributed by atoms with van der Waals surface area (Å²) in [4.78, 5) is 88.2. The normalized spacial score (nSPS) is 18.0. The molecule has 15 heteroatoms. The van der Waals surface area contributed by atoms with Crippen molar-refractivity contribution in [3.05, 3.63) is 54.1 Å². The molecule has 8 atom stereocenters. The highest BCUT2D eigenvalue weighted by atomic mass is 16.3. The summed E-state index contributed by atoms with van der Waals surface area (Å²) in [5.41, 5.74) is 6.96. The van der Waals surface area contributed by atoms with Gasteiger partial charge in [0.25, 0.3) is 0 Å². The van der Waals surface area contributed by atoms with Crippen LogP contribution >= 0.6 is 0 Å². The lowest BCUT2D eigenvalue weighted by Gasteiger charge is -2.32. The number of aliphatic hydroxyl groups is 1. The number of carbonyl (C=O) groups is 6. The molecule has 1 saturated heterocycles. The Kier molecular flexibility index (Phi) is 18.1. The number of imidazole rings is 1. The lowest BCUT2D eigenvalue weighted by Crippen LogP contribution is -2.59. The first-order valence-electron chi connectivity index (χ1n) is 19.9. The number of hydrogen-bond acceptors (Lipinski definition) is 9. The van der Waals surface area contributed by atoms with E-state index < -0.39 is 65.9 Å². The van der Waals surface area contributed by atoms with Crippen molar-refractivity contribution in [2.45, 2.75) is 130 Å². The maximum absolute atomic E-state index is 14.2. The number of Topliss-reactive ketones (excluding diaryl/α,β-unsaturated/α-hetero) is 1. The van der Waals surface area contributed by atoms with Crippen LogP contribution in [-0.4, -0.2) is 105 Å². The zero-order chi connectivity index (χ0) is 41.5. The number of likely N-dealkylation sites (tertiary alicyclic amines) is 1. The molecule has 310 valence electrons. The van der Waals surface area contributed by atoms with E-state index in [4.69, 9.17) is 5.73 Å². The molecule has 1 aromatic heterocycles. The van der Waals surface area contributed by atoms with Crippen molar-refractivity contribution in [1.29, 1.82) is 0 Å². The number of H-pyrrole nitrogens is 1. The van der Waals surface area contributed by atoms with Crippen LogP contribution in [0.2, 0.25) is 0 Å². The monoisotopic (exact) mass is 780 g/mol. The van der Waals surface area contributed by atoms with E-state index in [0.29, 0.717) is 37.9 Å². The molecule has 0 radical (unpaired) electrons. The molecule has 2 heterocycles. The molecular formula is C41H64N8O7. The second-order valence-corrected chi connectivity index (χ2v) is 16.0. The molecule has 8 N–H and O–H groups in total. The minimum atomic E-state index is -1.14. The lowest BCUT2D eigenvalue weighted by molar-refractivity contribution is -0.138. The van der Waals surface area contributed by atoms with Crippen molar-refractivity contribution in [2.75, 3.05) is 13.1 Å². The van der Waals surface area contributed by atoms with Gasteiger partial charge in [0.15, 0.2) is 0 Å². The van der Waals surface area contributed by atoms with Gasteiger partial charge >= 0.3 is 0 Å². The Morgan fingerprint density at radius 3 is 2.18 bits per heavy atom. The van der Waals surface area contributed by atoms with Crippen LogP contribution in [0.15, 0.2) is 42.9 Å². The molecule has 0 aliphatic carbocycles. The number of carbonyl (C=O) groups excluding carboxylic acids is 6. The molecule has 0 spiro atoms. The van der Waals surface area contributed by atoms with Crippen LogP contribution in [0.1, 0.15) is 91.8 Å². The number of hydrogen-bond donors (Lipinski definition) is 7. The second kappa shape index (κ2) is 22.2. The predicted molar refractivity (Wildman–Crippen MR) is 212 cm³/mol. The zero-order valence-electron chi connectivity index (χ0n) is 34.0. The number of rotatable bonds is 23. The van der Waals surface area contributed by atoms with Gasteiger partial charge in [-0.2, -0.15) is 0 Å². The number of ketones is 1. The molecule has 56 heavy (non-hydrogen) atoms. The fourth-order valence-electron chi connectivity index (χ4n) is 7.30. The number of nitrogens with one attached hydrogen (secondary N) is 5. The number of primary amides is 1. The van der Waals surface area contributed by atoms with Gasteiger partial charge in [-0.25, -0.2) is 4.98 Å². The summed E-state index contributed by atoms with van der Waals surface area (Å²) in [5, 5.41) is 23.4. The Morgan fingerprint density at radius 1 is 0.946 bits per heavy atom. The maximum atomic E-state index is 14.2. The van der Waals surface area contributed by atoms with E-state index in [1.807, 2.05) is 71.9 Å². The molecule has 2 aromatic rings. The average Bonchev–Trinajstić information content (AvgIpc) is 3.86. The second-order valence-electron chi connectivity index (χ2n) is 16.0.